The van der Waals surface area contributed by atoms with Crippen LogP contribution in [-0.4, -0.2) is 29.1 Å². The van der Waals surface area contributed by atoms with Gasteiger partial charge in [-0.2, -0.15) is 5.10 Å². The zero-order valence-electron chi connectivity index (χ0n) is 19.6. The molecule has 0 atom stereocenters. The van der Waals surface area contributed by atoms with Crippen LogP contribution in [0.15, 0.2) is 119 Å². The first kappa shape index (κ1) is 24.4. The van der Waals surface area contributed by atoms with Gasteiger partial charge in [0.2, 0.25) is 9.84 Å². The standard InChI is InChI=1S/C28H22N4O3S2/c33-28(30-19-21-13-15-29-16-14-21)26(37(34,35)24-10-5-2-6-11-24)18-22-20-32(23-8-3-1-4-9-23)31-27(22)25-12-7-17-36-25/h1-18,20H,19H2,(H,30,33)/b26-18+. The third-order valence-corrected chi connectivity index (χ3v) is 8.23. The van der Waals surface area contributed by atoms with Crippen molar-refractivity contribution in [2.45, 2.75) is 11.4 Å². The molecular weight excluding hydrogens is 504 g/mol. The Morgan fingerprint density at radius 2 is 1.62 bits per heavy atom. The number of rotatable bonds is 8. The lowest BCUT2D eigenvalue weighted by Crippen LogP contribution is -2.28. The van der Waals surface area contributed by atoms with Crippen LogP contribution in [0, 0.1) is 0 Å². The number of nitrogens with one attached hydrogen (secondary N) is 1. The number of carbonyl (C=O) groups excluding carboxylic acids is 1. The molecule has 184 valence electrons. The number of nitrogens with zero attached hydrogens (tertiary/aromatic N) is 3. The van der Waals surface area contributed by atoms with Crippen molar-refractivity contribution in [1.82, 2.24) is 20.1 Å². The van der Waals surface area contributed by atoms with Gasteiger partial charge in [0.05, 0.1) is 15.5 Å². The van der Waals surface area contributed by atoms with Crippen molar-refractivity contribution in [3.8, 4) is 16.3 Å². The fourth-order valence-corrected chi connectivity index (χ4v) is 5.81. The summed E-state index contributed by atoms with van der Waals surface area (Å²) in [6.45, 7) is 0.157. The molecule has 0 radical (unpaired) electrons. The Kier molecular flexibility index (Phi) is 7.07. The first-order valence-corrected chi connectivity index (χ1v) is 13.8. The number of amides is 1. The van der Waals surface area contributed by atoms with Gasteiger partial charge >= 0.3 is 0 Å². The highest BCUT2D eigenvalue weighted by Gasteiger charge is 2.28. The van der Waals surface area contributed by atoms with Crippen molar-refractivity contribution in [3.05, 3.63) is 125 Å². The number of para-hydroxylation sites is 1. The Hall–Kier alpha value is -4.34. The van der Waals surface area contributed by atoms with E-state index in [0.717, 1.165) is 16.1 Å². The average Bonchev–Trinajstić information content (AvgIpc) is 3.62. The summed E-state index contributed by atoms with van der Waals surface area (Å²) in [5, 5.41) is 9.41. The summed E-state index contributed by atoms with van der Waals surface area (Å²) in [5.74, 6) is -0.703. The minimum Gasteiger partial charge on any atom is -0.347 e. The molecule has 3 aromatic heterocycles. The highest BCUT2D eigenvalue weighted by Crippen LogP contribution is 2.31. The van der Waals surface area contributed by atoms with Gasteiger partial charge in [-0.3, -0.25) is 9.78 Å². The van der Waals surface area contributed by atoms with E-state index in [1.807, 2.05) is 47.8 Å². The van der Waals surface area contributed by atoms with E-state index in [0.29, 0.717) is 11.3 Å². The molecule has 37 heavy (non-hydrogen) atoms. The largest absolute Gasteiger partial charge is 0.347 e. The SMILES string of the molecule is O=C(NCc1ccncc1)/C(=C\c1cn(-c2ccccc2)nc1-c1cccs1)S(=O)(=O)c1ccccc1. The normalized spacial score (nSPS) is 11.8. The lowest BCUT2D eigenvalue weighted by atomic mass is 10.2. The van der Waals surface area contributed by atoms with E-state index < -0.39 is 15.7 Å². The highest BCUT2D eigenvalue weighted by molar-refractivity contribution is 7.96. The molecule has 7 nitrogen and oxygen atoms in total. The van der Waals surface area contributed by atoms with Crippen LogP contribution in [0.5, 0.6) is 0 Å². The first-order chi connectivity index (χ1) is 18.0. The van der Waals surface area contributed by atoms with Crippen molar-refractivity contribution in [2.24, 2.45) is 0 Å². The Morgan fingerprint density at radius 1 is 0.919 bits per heavy atom. The fraction of sp³-hybridized carbons (Fsp3) is 0.0357. The molecule has 0 saturated heterocycles. The quantitative estimate of drug-likeness (QED) is 0.283. The van der Waals surface area contributed by atoms with Gasteiger partial charge in [-0.15, -0.1) is 11.3 Å². The lowest BCUT2D eigenvalue weighted by molar-refractivity contribution is -0.116. The van der Waals surface area contributed by atoms with Crippen molar-refractivity contribution < 1.29 is 13.2 Å². The summed E-state index contributed by atoms with van der Waals surface area (Å²) in [7, 11) is -4.14. The second-order valence-electron chi connectivity index (χ2n) is 8.05. The van der Waals surface area contributed by atoms with Gasteiger partial charge < -0.3 is 5.32 Å². The summed E-state index contributed by atoms with van der Waals surface area (Å²) in [6, 6.07) is 24.8. The Balaban J connectivity index is 1.62. The Labute approximate surface area is 218 Å². The molecule has 0 spiro atoms. The summed E-state index contributed by atoms with van der Waals surface area (Å²) in [4.78, 5) is 17.9. The number of pyridine rings is 1. The van der Waals surface area contributed by atoms with E-state index in [2.05, 4.69) is 10.3 Å². The lowest BCUT2D eigenvalue weighted by Gasteiger charge is -2.11. The van der Waals surface area contributed by atoms with Crippen LogP contribution in [0.4, 0.5) is 0 Å². The summed E-state index contributed by atoms with van der Waals surface area (Å²) in [6.07, 6.45) is 6.38. The van der Waals surface area contributed by atoms with Crippen LogP contribution < -0.4 is 5.32 Å². The molecule has 1 N–H and O–H groups in total. The van der Waals surface area contributed by atoms with Crippen LogP contribution in [0.1, 0.15) is 11.1 Å². The zero-order chi connectivity index (χ0) is 25.7. The van der Waals surface area contributed by atoms with E-state index in [1.54, 1.807) is 53.6 Å². The fourth-order valence-electron chi connectivity index (χ4n) is 3.71. The maximum atomic E-state index is 13.7. The molecule has 0 bridgehead atoms. The second kappa shape index (κ2) is 10.7. The molecule has 5 aromatic rings. The summed E-state index contributed by atoms with van der Waals surface area (Å²) >= 11 is 1.48. The number of carbonyl (C=O) groups is 1. The minimum atomic E-state index is -4.14. The molecule has 1 amide bonds. The minimum absolute atomic E-state index is 0.0356. The van der Waals surface area contributed by atoms with Gasteiger partial charge in [0.1, 0.15) is 10.6 Å². The number of thiophene rings is 1. The van der Waals surface area contributed by atoms with Crippen LogP contribution in [0.3, 0.4) is 0 Å². The summed E-state index contributed by atoms with van der Waals surface area (Å²) < 4.78 is 29.1. The molecule has 5 rings (SSSR count). The van der Waals surface area contributed by atoms with Crippen LogP contribution >= 0.6 is 11.3 Å². The van der Waals surface area contributed by atoms with E-state index in [-0.39, 0.29) is 16.3 Å². The predicted octanol–water partition coefficient (Wildman–Crippen LogP) is 5.13. The second-order valence-corrected chi connectivity index (χ2v) is 10.9. The van der Waals surface area contributed by atoms with Gasteiger partial charge in [0, 0.05) is 30.7 Å². The van der Waals surface area contributed by atoms with E-state index in [4.69, 9.17) is 5.10 Å². The number of hydrogen-bond acceptors (Lipinski definition) is 6. The number of aromatic nitrogens is 3. The maximum absolute atomic E-state index is 13.7. The molecule has 0 aliphatic carbocycles. The third kappa shape index (κ3) is 5.42. The van der Waals surface area contributed by atoms with Crippen LogP contribution in [-0.2, 0) is 21.2 Å². The van der Waals surface area contributed by atoms with Crippen molar-refractivity contribution in [3.63, 3.8) is 0 Å². The monoisotopic (exact) mass is 526 g/mol. The van der Waals surface area contributed by atoms with Crippen molar-refractivity contribution in [2.75, 3.05) is 0 Å². The number of benzene rings is 2. The van der Waals surface area contributed by atoms with Gasteiger partial charge in [0.15, 0.2) is 0 Å². The first-order valence-electron chi connectivity index (χ1n) is 11.4. The Bertz CT molecular complexity index is 1630. The van der Waals surface area contributed by atoms with Crippen molar-refractivity contribution >= 4 is 33.2 Å². The molecule has 0 saturated carbocycles. The predicted molar refractivity (Wildman–Crippen MR) is 145 cm³/mol. The molecule has 0 aliphatic heterocycles. The van der Waals surface area contributed by atoms with Gasteiger partial charge in [-0.05, 0) is 59.5 Å². The van der Waals surface area contributed by atoms with E-state index >= 15 is 0 Å². The third-order valence-electron chi connectivity index (χ3n) is 5.57. The molecule has 0 fully saturated rings. The zero-order valence-corrected chi connectivity index (χ0v) is 21.2. The van der Waals surface area contributed by atoms with Gasteiger partial charge in [-0.25, -0.2) is 13.1 Å². The average molecular weight is 527 g/mol. The van der Waals surface area contributed by atoms with Gasteiger partial charge in [-0.1, -0.05) is 42.5 Å². The Morgan fingerprint density at radius 3 is 2.30 bits per heavy atom. The van der Waals surface area contributed by atoms with E-state index in [9.17, 15) is 13.2 Å². The van der Waals surface area contributed by atoms with Crippen LogP contribution in [0.25, 0.3) is 22.3 Å². The molecule has 0 unspecified atom stereocenters. The topological polar surface area (TPSA) is 93.9 Å². The van der Waals surface area contributed by atoms with Gasteiger partial charge in [0.25, 0.3) is 5.91 Å². The molecule has 0 aliphatic rings. The molecule has 2 aromatic carbocycles. The van der Waals surface area contributed by atoms with Crippen LogP contribution in [0.2, 0.25) is 0 Å². The maximum Gasteiger partial charge on any atom is 0.263 e. The molecular formula is C28H22N4O3S2. The highest BCUT2D eigenvalue weighted by atomic mass is 32.2. The molecule has 3 heterocycles. The molecule has 9 heteroatoms. The van der Waals surface area contributed by atoms with Crippen molar-refractivity contribution in [1.29, 1.82) is 0 Å². The number of hydrogen-bond donors (Lipinski definition) is 1. The number of sulfone groups is 1. The summed E-state index contributed by atoms with van der Waals surface area (Å²) in [5.41, 5.74) is 2.71. The smallest absolute Gasteiger partial charge is 0.263 e. The van der Waals surface area contributed by atoms with E-state index in [1.165, 1.54) is 29.5 Å².